The molecule has 0 aromatic carbocycles. The maximum Gasteiger partial charge on any atom is 0.324 e. The van der Waals surface area contributed by atoms with Crippen LogP contribution in [0.3, 0.4) is 0 Å². The normalized spacial score (nSPS) is 26.8. The zero-order chi connectivity index (χ0) is 16.1. The van der Waals surface area contributed by atoms with Gasteiger partial charge in [0.25, 0.3) is 0 Å². The van der Waals surface area contributed by atoms with Crippen molar-refractivity contribution in [3.8, 4) is 0 Å². The van der Waals surface area contributed by atoms with Crippen LogP contribution in [-0.2, 0) is 19.1 Å². The van der Waals surface area contributed by atoms with Crippen molar-refractivity contribution in [3.63, 3.8) is 0 Å². The molecule has 0 aromatic heterocycles. The Morgan fingerprint density at radius 1 is 0.952 bits per heavy atom. The minimum Gasteiger partial charge on any atom is -0.459 e. The van der Waals surface area contributed by atoms with Gasteiger partial charge in [0.2, 0.25) is 0 Å². The van der Waals surface area contributed by atoms with Crippen molar-refractivity contribution in [1.29, 1.82) is 0 Å². The van der Waals surface area contributed by atoms with Gasteiger partial charge in [0, 0.05) is 5.92 Å². The first-order valence-corrected chi connectivity index (χ1v) is 7.59. The molecule has 2 rings (SSSR count). The molecule has 2 aliphatic carbocycles. The fraction of sp³-hybridized carbons (Fsp3) is 0.765. The molecule has 0 N–H and O–H groups in total. The minimum atomic E-state index is -1.17. The highest BCUT2D eigenvalue weighted by molar-refractivity contribution is 6.01. The summed E-state index contributed by atoms with van der Waals surface area (Å²) in [6, 6.07) is 0. The predicted octanol–water partition coefficient (Wildman–Crippen LogP) is 3.25. The average Bonchev–Trinajstić information content (AvgIpc) is 2.83. The molecule has 21 heavy (non-hydrogen) atoms. The summed E-state index contributed by atoms with van der Waals surface area (Å²) in [6.07, 6.45) is 5.40. The molecule has 0 aliphatic heterocycles. The summed E-state index contributed by atoms with van der Waals surface area (Å²) in [5, 5.41) is 0. The van der Waals surface area contributed by atoms with Crippen molar-refractivity contribution >= 4 is 11.9 Å². The maximum absolute atomic E-state index is 12.7. The molecule has 0 saturated heterocycles. The van der Waals surface area contributed by atoms with Gasteiger partial charge in [0.1, 0.15) is 11.2 Å². The van der Waals surface area contributed by atoms with Crippen molar-refractivity contribution in [3.05, 3.63) is 12.2 Å². The first kappa shape index (κ1) is 16.1. The molecule has 2 unspecified atom stereocenters. The van der Waals surface area contributed by atoms with Gasteiger partial charge in [-0.25, -0.2) is 0 Å². The summed E-state index contributed by atoms with van der Waals surface area (Å²) in [7, 11) is 0. The van der Waals surface area contributed by atoms with Crippen LogP contribution in [0, 0.1) is 17.3 Å². The smallest absolute Gasteiger partial charge is 0.324 e. The van der Waals surface area contributed by atoms with Crippen LogP contribution in [-0.4, -0.2) is 23.1 Å². The van der Waals surface area contributed by atoms with E-state index in [-0.39, 0.29) is 11.8 Å². The number of hydrogen-bond acceptors (Lipinski definition) is 4. The van der Waals surface area contributed by atoms with Gasteiger partial charge in [-0.3, -0.25) is 9.59 Å². The van der Waals surface area contributed by atoms with Crippen LogP contribution in [0.1, 0.15) is 54.4 Å². The van der Waals surface area contributed by atoms with Crippen molar-refractivity contribution in [2.45, 2.75) is 65.6 Å². The molecule has 0 amide bonds. The molecule has 4 nitrogen and oxygen atoms in total. The standard InChI is InChI=1S/C17H26O4/c1-15(2,3)20-13(18)17(14(19)21-16(4,5)6)10-11-7-8-12(17)9-11/h7-8,11-12H,9-10H2,1-6H3. The lowest BCUT2D eigenvalue weighted by Crippen LogP contribution is -2.49. The fourth-order valence-corrected chi connectivity index (χ4v) is 3.15. The first-order valence-electron chi connectivity index (χ1n) is 7.59. The van der Waals surface area contributed by atoms with Crippen LogP contribution in [0.5, 0.6) is 0 Å². The van der Waals surface area contributed by atoms with E-state index in [1.165, 1.54) is 0 Å². The Kier molecular flexibility index (Phi) is 3.71. The zero-order valence-corrected chi connectivity index (χ0v) is 13.9. The Balaban J connectivity index is 2.31. The number of ether oxygens (including phenoxy) is 2. The van der Waals surface area contributed by atoms with Gasteiger partial charge in [0.15, 0.2) is 5.41 Å². The number of carbonyl (C=O) groups is 2. The monoisotopic (exact) mass is 294 g/mol. The molecule has 0 aromatic rings. The molecule has 2 atom stereocenters. The lowest BCUT2D eigenvalue weighted by Gasteiger charge is -2.35. The molecule has 2 bridgehead atoms. The lowest BCUT2D eigenvalue weighted by molar-refractivity contribution is -0.187. The lowest BCUT2D eigenvalue weighted by atomic mass is 9.75. The second-order valence-electron chi connectivity index (χ2n) is 8.17. The van der Waals surface area contributed by atoms with Gasteiger partial charge >= 0.3 is 11.9 Å². The quantitative estimate of drug-likeness (QED) is 0.445. The molecule has 2 aliphatic rings. The van der Waals surface area contributed by atoms with Crippen LogP contribution >= 0.6 is 0 Å². The number of rotatable bonds is 2. The Bertz CT molecular complexity index is 448. The molecule has 0 heterocycles. The second-order valence-corrected chi connectivity index (χ2v) is 8.17. The molecule has 0 spiro atoms. The van der Waals surface area contributed by atoms with Gasteiger partial charge in [-0.1, -0.05) is 12.2 Å². The summed E-state index contributed by atoms with van der Waals surface area (Å²) >= 11 is 0. The highest BCUT2D eigenvalue weighted by atomic mass is 16.6. The summed E-state index contributed by atoms with van der Waals surface area (Å²) < 4.78 is 11.1. The predicted molar refractivity (Wildman–Crippen MR) is 79.5 cm³/mol. The van der Waals surface area contributed by atoms with Gasteiger partial charge in [-0.15, -0.1) is 0 Å². The van der Waals surface area contributed by atoms with Crippen LogP contribution in [0.15, 0.2) is 12.2 Å². The Morgan fingerprint density at radius 2 is 1.43 bits per heavy atom. The van der Waals surface area contributed by atoms with Crippen LogP contribution in [0.25, 0.3) is 0 Å². The molecular weight excluding hydrogens is 268 g/mol. The van der Waals surface area contributed by atoms with Crippen LogP contribution in [0.2, 0.25) is 0 Å². The van der Waals surface area contributed by atoms with Crippen molar-refractivity contribution in [1.82, 2.24) is 0 Å². The molecule has 1 saturated carbocycles. The zero-order valence-electron chi connectivity index (χ0n) is 13.9. The summed E-state index contributed by atoms with van der Waals surface area (Å²) in [5.74, 6) is -0.718. The Labute approximate surface area is 126 Å². The third kappa shape index (κ3) is 3.14. The molecule has 0 radical (unpaired) electrons. The summed E-state index contributed by atoms with van der Waals surface area (Å²) in [4.78, 5) is 25.5. The SMILES string of the molecule is CC(C)(C)OC(=O)C1(C(=O)OC(C)(C)C)CC2C=CC1C2. The topological polar surface area (TPSA) is 52.6 Å². The third-order valence-corrected chi connectivity index (χ3v) is 3.92. The summed E-state index contributed by atoms with van der Waals surface area (Å²) in [5.41, 5.74) is -2.39. The van der Waals surface area contributed by atoms with Crippen molar-refractivity contribution in [2.75, 3.05) is 0 Å². The average molecular weight is 294 g/mol. The van der Waals surface area contributed by atoms with E-state index in [4.69, 9.17) is 9.47 Å². The van der Waals surface area contributed by atoms with Gasteiger partial charge in [-0.2, -0.15) is 0 Å². The van der Waals surface area contributed by atoms with E-state index in [9.17, 15) is 9.59 Å². The van der Waals surface area contributed by atoms with E-state index in [0.29, 0.717) is 6.42 Å². The molecular formula is C17H26O4. The fourth-order valence-electron chi connectivity index (χ4n) is 3.15. The van der Waals surface area contributed by atoms with E-state index < -0.39 is 28.6 Å². The molecule has 118 valence electrons. The largest absolute Gasteiger partial charge is 0.459 e. The number of fused-ring (bicyclic) bond motifs is 2. The van der Waals surface area contributed by atoms with Crippen LogP contribution < -0.4 is 0 Å². The molecule has 4 heteroatoms. The number of esters is 2. The maximum atomic E-state index is 12.7. The Hall–Kier alpha value is -1.32. The van der Waals surface area contributed by atoms with Crippen LogP contribution in [0.4, 0.5) is 0 Å². The highest BCUT2D eigenvalue weighted by Crippen LogP contribution is 2.54. The third-order valence-electron chi connectivity index (χ3n) is 3.92. The van der Waals surface area contributed by atoms with E-state index >= 15 is 0 Å². The Morgan fingerprint density at radius 3 is 1.71 bits per heavy atom. The van der Waals surface area contributed by atoms with E-state index in [0.717, 1.165) is 6.42 Å². The summed E-state index contributed by atoms with van der Waals surface area (Å²) in [6.45, 7) is 10.9. The van der Waals surface area contributed by atoms with Gasteiger partial charge in [0.05, 0.1) is 0 Å². The van der Waals surface area contributed by atoms with Crippen molar-refractivity contribution in [2.24, 2.45) is 17.3 Å². The minimum absolute atomic E-state index is 0.104. The second kappa shape index (κ2) is 4.85. The van der Waals surface area contributed by atoms with Gasteiger partial charge < -0.3 is 9.47 Å². The van der Waals surface area contributed by atoms with E-state index in [1.807, 2.05) is 47.6 Å². The first-order chi connectivity index (χ1) is 9.44. The molecule has 1 fully saturated rings. The number of carbonyl (C=O) groups excluding carboxylic acids is 2. The highest BCUT2D eigenvalue weighted by Gasteiger charge is 2.61. The van der Waals surface area contributed by atoms with E-state index in [1.54, 1.807) is 0 Å². The number of hydrogen-bond donors (Lipinski definition) is 0. The van der Waals surface area contributed by atoms with Crippen molar-refractivity contribution < 1.29 is 19.1 Å². The van der Waals surface area contributed by atoms with Gasteiger partial charge in [-0.05, 0) is 60.3 Å². The number of allylic oxidation sites excluding steroid dienone is 2. The van der Waals surface area contributed by atoms with E-state index in [2.05, 4.69) is 6.08 Å².